The molecular weight excluding hydrogens is 364 g/mol. The predicted molar refractivity (Wildman–Crippen MR) is 118 cm³/mol. The Morgan fingerprint density at radius 2 is 1.86 bits per heavy atom. The van der Waals surface area contributed by atoms with Crippen molar-refractivity contribution in [1.29, 1.82) is 0 Å². The average Bonchev–Trinajstić information content (AvgIpc) is 3.01. The number of unbranched alkanes of at least 4 members (excludes halogenated alkanes) is 1. The highest BCUT2D eigenvalue weighted by Gasteiger charge is 2.15. The first-order chi connectivity index (χ1) is 13.7. The number of rotatable bonds is 8. The first-order valence-corrected chi connectivity index (χ1v) is 10.4. The fraction of sp³-hybridized carbons (Fsp3) is 0.591. The zero-order valence-electron chi connectivity index (χ0n) is 18.7. The Morgan fingerprint density at radius 3 is 2.41 bits per heavy atom. The van der Waals surface area contributed by atoms with Crippen LogP contribution >= 0.6 is 0 Å². The van der Waals surface area contributed by atoms with E-state index in [1.165, 1.54) is 5.56 Å². The van der Waals surface area contributed by atoms with Crippen LogP contribution in [-0.2, 0) is 19.0 Å². The Kier molecular flexibility index (Phi) is 8.20. The van der Waals surface area contributed by atoms with Crippen LogP contribution in [0.5, 0.6) is 0 Å². The predicted octanol–water partition coefficient (Wildman–Crippen LogP) is 2.99. The summed E-state index contributed by atoms with van der Waals surface area (Å²) in [6.45, 7) is 12.3. The minimum Gasteiger partial charge on any atom is -0.387 e. The monoisotopic (exact) mass is 400 g/mol. The molecule has 0 aliphatic carbocycles. The van der Waals surface area contributed by atoms with Crippen molar-refractivity contribution in [2.45, 2.75) is 65.5 Å². The summed E-state index contributed by atoms with van der Waals surface area (Å²) in [6, 6.07) is 8.17. The van der Waals surface area contributed by atoms with Gasteiger partial charge in [-0.3, -0.25) is 0 Å². The topological polar surface area (TPSA) is 87.4 Å². The van der Waals surface area contributed by atoms with E-state index < -0.39 is 6.10 Å². The first kappa shape index (κ1) is 22.9. The standard InChI is InChI=1S/C22H36N6O/c1-7-8-13-23-21(25-15-20-27-26-16(2)28(20)6)24-14-19(29)17-9-11-18(12-10-17)22(3,4)5/h9-12,19,29H,7-8,13-15H2,1-6H3,(H2,23,24,25). The highest BCUT2D eigenvalue weighted by atomic mass is 16.3. The van der Waals surface area contributed by atoms with E-state index in [2.05, 4.69) is 65.7 Å². The van der Waals surface area contributed by atoms with E-state index >= 15 is 0 Å². The van der Waals surface area contributed by atoms with E-state index in [-0.39, 0.29) is 5.41 Å². The number of aromatic nitrogens is 3. The molecule has 1 aromatic carbocycles. The van der Waals surface area contributed by atoms with Crippen molar-refractivity contribution in [3.05, 3.63) is 47.0 Å². The molecule has 3 N–H and O–H groups in total. The van der Waals surface area contributed by atoms with Gasteiger partial charge in [0, 0.05) is 20.1 Å². The van der Waals surface area contributed by atoms with Crippen LogP contribution < -0.4 is 10.6 Å². The molecule has 1 unspecified atom stereocenters. The number of aliphatic imine (C=N–C) groups is 1. The van der Waals surface area contributed by atoms with Gasteiger partial charge in [-0.2, -0.15) is 0 Å². The molecule has 7 heteroatoms. The molecule has 0 radical (unpaired) electrons. The second-order valence-corrected chi connectivity index (χ2v) is 8.44. The Morgan fingerprint density at radius 1 is 1.17 bits per heavy atom. The Balaban J connectivity index is 2.00. The number of nitrogens with one attached hydrogen (secondary N) is 2. The molecule has 0 bridgehead atoms. The van der Waals surface area contributed by atoms with Crippen molar-refractivity contribution in [3.63, 3.8) is 0 Å². The van der Waals surface area contributed by atoms with Gasteiger partial charge in [0.1, 0.15) is 12.4 Å². The minimum atomic E-state index is -0.612. The molecular formula is C22H36N6O. The number of aryl methyl sites for hydroxylation is 1. The van der Waals surface area contributed by atoms with E-state index in [0.29, 0.717) is 19.0 Å². The molecule has 0 amide bonds. The minimum absolute atomic E-state index is 0.100. The van der Waals surface area contributed by atoms with Crippen LogP contribution in [-0.4, -0.2) is 38.9 Å². The largest absolute Gasteiger partial charge is 0.387 e. The summed E-state index contributed by atoms with van der Waals surface area (Å²) in [5, 5.41) is 25.4. The van der Waals surface area contributed by atoms with Crippen LogP contribution in [0.3, 0.4) is 0 Å². The normalized spacial score (nSPS) is 13.4. The molecule has 0 saturated carbocycles. The molecule has 7 nitrogen and oxygen atoms in total. The molecule has 0 saturated heterocycles. The highest BCUT2D eigenvalue weighted by Crippen LogP contribution is 2.23. The number of aliphatic hydroxyl groups excluding tert-OH is 1. The summed E-state index contributed by atoms with van der Waals surface area (Å²) in [6.07, 6.45) is 1.55. The third kappa shape index (κ3) is 6.85. The molecule has 0 fully saturated rings. The van der Waals surface area contributed by atoms with Crippen LogP contribution in [0, 0.1) is 6.92 Å². The Bertz CT molecular complexity index is 789. The molecule has 0 aliphatic rings. The number of hydrogen-bond acceptors (Lipinski definition) is 4. The Labute approximate surface area is 174 Å². The maximum Gasteiger partial charge on any atom is 0.191 e. The summed E-state index contributed by atoms with van der Waals surface area (Å²) < 4.78 is 1.93. The van der Waals surface area contributed by atoms with Gasteiger partial charge in [-0.25, -0.2) is 4.99 Å². The molecule has 29 heavy (non-hydrogen) atoms. The van der Waals surface area contributed by atoms with Gasteiger partial charge in [0.05, 0.1) is 6.10 Å². The zero-order valence-corrected chi connectivity index (χ0v) is 18.7. The number of nitrogens with zero attached hydrogens (tertiary/aromatic N) is 4. The zero-order chi connectivity index (χ0) is 21.4. The highest BCUT2D eigenvalue weighted by molar-refractivity contribution is 5.79. The quantitative estimate of drug-likeness (QED) is 0.360. The maximum absolute atomic E-state index is 10.6. The molecule has 0 aliphatic heterocycles. The van der Waals surface area contributed by atoms with Crippen molar-refractivity contribution in [1.82, 2.24) is 25.4 Å². The van der Waals surface area contributed by atoms with Gasteiger partial charge in [0.2, 0.25) is 0 Å². The lowest BCUT2D eigenvalue weighted by molar-refractivity contribution is 0.181. The van der Waals surface area contributed by atoms with Crippen LogP contribution in [0.25, 0.3) is 0 Å². The van der Waals surface area contributed by atoms with Crippen LogP contribution in [0.2, 0.25) is 0 Å². The van der Waals surface area contributed by atoms with E-state index in [1.807, 2.05) is 30.7 Å². The number of hydrogen-bond donors (Lipinski definition) is 3. The second kappa shape index (κ2) is 10.4. The van der Waals surface area contributed by atoms with Gasteiger partial charge in [-0.1, -0.05) is 58.4 Å². The Hall–Kier alpha value is -2.41. The van der Waals surface area contributed by atoms with Crippen molar-refractivity contribution in [3.8, 4) is 0 Å². The van der Waals surface area contributed by atoms with Gasteiger partial charge in [-0.15, -0.1) is 10.2 Å². The van der Waals surface area contributed by atoms with Crippen molar-refractivity contribution in [2.75, 3.05) is 13.1 Å². The smallest absolute Gasteiger partial charge is 0.191 e. The van der Waals surface area contributed by atoms with E-state index in [0.717, 1.165) is 36.6 Å². The summed E-state index contributed by atoms with van der Waals surface area (Å²) in [7, 11) is 1.93. The first-order valence-electron chi connectivity index (χ1n) is 10.4. The SMILES string of the molecule is CCCCNC(=NCc1nnc(C)n1C)NCC(O)c1ccc(C(C)(C)C)cc1. The van der Waals surface area contributed by atoms with E-state index in [1.54, 1.807) is 0 Å². The molecule has 2 rings (SSSR count). The lowest BCUT2D eigenvalue weighted by Crippen LogP contribution is -2.40. The molecule has 2 aromatic rings. The van der Waals surface area contributed by atoms with Gasteiger partial charge in [0.15, 0.2) is 11.8 Å². The van der Waals surface area contributed by atoms with Crippen LogP contribution in [0.1, 0.15) is 69.4 Å². The fourth-order valence-corrected chi connectivity index (χ4v) is 2.81. The van der Waals surface area contributed by atoms with Gasteiger partial charge in [0.25, 0.3) is 0 Å². The lowest BCUT2D eigenvalue weighted by atomic mass is 9.86. The summed E-state index contributed by atoms with van der Waals surface area (Å²) >= 11 is 0. The molecule has 1 aromatic heterocycles. The fourth-order valence-electron chi connectivity index (χ4n) is 2.81. The van der Waals surface area contributed by atoms with E-state index in [9.17, 15) is 5.11 Å². The van der Waals surface area contributed by atoms with Crippen LogP contribution in [0.15, 0.2) is 29.3 Å². The van der Waals surface area contributed by atoms with Crippen LogP contribution in [0.4, 0.5) is 0 Å². The average molecular weight is 401 g/mol. The van der Waals surface area contributed by atoms with Gasteiger partial charge >= 0.3 is 0 Å². The molecule has 1 atom stereocenters. The third-order valence-corrected chi connectivity index (χ3v) is 5.01. The molecule has 160 valence electrons. The number of benzene rings is 1. The number of guanidine groups is 1. The maximum atomic E-state index is 10.6. The van der Waals surface area contributed by atoms with Crippen molar-refractivity contribution in [2.24, 2.45) is 12.0 Å². The van der Waals surface area contributed by atoms with Gasteiger partial charge < -0.3 is 20.3 Å². The second-order valence-electron chi connectivity index (χ2n) is 8.44. The molecule has 0 spiro atoms. The van der Waals surface area contributed by atoms with Crippen molar-refractivity contribution < 1.29 is 5.11 Å². The summed E-state index contributed by atoms with van der Waals surface area (Å²) in [4.78, 5) is 4.61. The van der Waals surface area contributed by atoms with E-state index in [4.69, 9.17) is 0 Å². The summed E-state index contributed by atoms with van der Waals surface area (Å²) in [5.41, 5.74) is 2.24. The van der Waals surface area contributed by atoms with Crippen molar-refractivity contribution >= 4 is 5.96 Å². The number of aliphatic hydroxyl groups is 1. The summed E-state index contributed by atoms with van der Waals surface area (Å²) in [5.74, 6) is 2.33. The third-order valence-electron chi connectivity index (χ3n) is 5.01. The molecule has 1 heterocycles. The lowest BCUT2D eigenvalue weighted by Gasteiger charge is -2.20. The van der Waals surface area contributed by atoms with Gasteiger partial charge in [-0.05, 0) is 29.9 Å².